The summed E-state index contributed by atoms with van der Waals surface area (Å²) in [6.07, 6.45) is 9.91. The van der Waals surface area contributed by atoms with Crippen LogP contribution < -0.4 is 10.1 Å². The highest BCUT2D eigenvalue weighted by molar-refractivity contribution is 5.92. The Morgan fingerprint density at radius 3 is 3.00 bits per heavy atom. The van der Waals surface area contributed by atoms with Crippen LogP contribution in [0.4, 0.5) is 0 Å². The Bertz CT molecular complexity index is 797. The van der Waals surface area contributed by atoms with E-state index in [0.717, 1.165) is 18.0 Å². The second kappa shape index (κ2) is 7.32. The number of pyridine rings is 1. The zero-order chi connectivity index (χ0) is 17.9. The molecule has 2 bridgehead atoms. The molecule has 6 heteroatoms. The van der Waals surface area contributed by atoms with Crippen molar-refractivity contribution < 1.29 is 14.1 Å². The first-order chi connectivity index (χ1) is 12.7. The molecular formula is C20H23N3O3. The second-order valence-corrected chi connectivity index (χ2v) is 7.19. The summed E-state index contributed by atoms with van der Waals surface area (Å²) in [6, 6.07) is 5.34. The summed E-state index contributed by atoms with van der Waals surface area (Å²) in [4.78, 5) is 16.4. The lowest BCUT2D eigenvalue weighted by molar-refractivity contribution is 0.0941. The van der Waals surface area contributed by atoms with E-state index in [1.54, 1.807) is 12.3 Å². The lowest BCUT2D eigenvalue weighted by Crippen LogP contribution is -2.27. The van der Waals surface area contributed by atoms with Gasteiger partial charge in [0.1, 0.15) is 12.4 Å². The highest BCUT2D eigenvalue weighted by Gasteiger charge is 2.34. The minimum atomic E-state index is -0.198. The number of carbonyl (C=O) groups is 1. The summed E-state index contributed by atoms with van der Waals surface area (Å²) in [6.45, 7) is 2.80. The number of ether oxygens (including phenoxy) is 1. The fraction of sp³-hybridized carbons (Fsp3) is 0.450. The molecule has 2 aliphatic carbocycles. The molecule has 136 valence electrons. The molecule has 1 amide bonds. The van der Waals surface area contributed by atoms with Crippen LogP contribution in [0.5, 0.6) is 5.75 Å². The highest BCUT2D eigenvalue weighted by atomic mass is 16.5. The van der Waals surface area contributed by atoms with E-state index in [2.05, 4.69) is 27.6 Å². The minimum absolute atomic E-state index is 0.198. The molecular weight excluding hydrogens is 330 g/mol. The van der Waals surface area contributed by atoms with Crippen LogP contribution in [-0.4, -0.2) is 22.6 Å². The van der Waals surface area contributed by atoms with E-state index in [0.29, 0.717) is 35.6 Å². The van der Waals surface area contributed by atoms with E-state index in [9.17, 15) is 4.79 Å². The molecule has 1 N–H and O–H groups in total. The van der Waals surface area contributed by atoms with Gasteiger partial charge in [-0.1, -0.05) is 17.3 Å². The van der Waals surface area contributed by atoms with E-state index in [1.165, 1.54) is 12.8 Å². The number of aromatic nitrogens is 2. The quantitative estimate of drug-likeness (QED) is 0.773. The summed E-state index contributed by atoms with van der Waals surface area (Å²) in [5, 5.41) is 6.78. The fourth-order valence-electron chi connectivity index (χ4n) is 3.87. The van der Waals surface area contributed by atoms with E-state index >= 15 is 0 Å². The van der Waals surface area contributed by atoms with Gasteiger partial charge in [-0.15, -0.1) is 0 Å². The molecule has 2 aliphatic rings. The van der Waals surface area contributed by atoms with Crippen LogP contribution in [0.2, 0.25) is 0 Å². The SMILES string of the molecule is Cc1ccc(OCc2cc(C(=O)NCC[C@@H]3C[C@@H]4C=C[C@H]3C4)no2)cn1. The molecule has 0 aliphatic heterocycles. The Morgan fingerprint density at radius 1 is 1.35 bits per heavy atom. The van der Waals surface area contributed by atoms with Gasteiger partial charge >= 0.3 is 0 Å². The maximum Gasteiger partial charge on any atom is 0.273 e. The molecule has 0 unspecified atom stereocenters. The van der Waals surface area contributed by atoms with Gasteiger partial charge in [-0.05, 0) is 56.1 Å². The number of hydrogen-bond acceptors (Lipinski definition) is 5. The molecule has 1 fully saturated rings. The van der Waals surface area contributed by atoms with E-state index < -0.39 is 0 Å². The largest absolute Gasteiger partial charge is 0.484 e. The molecule has 0 saturated heterocycles. The Balaban J connectivity index is 1.22. The van der Waals surface area contributed by atoms with E-state index in [1.807, 2.05) is 19.1 Å². The number of carbonyl (C=O) groups excluding carboxylic acids is 1. The minimum Gasteiger partial charge on any atom is -0.484 e. The fourth-order valence-corrected chi connectivity index (χ4v) is 3.87. The van der Waals surface area contributed by atoms with Gasteiger partial charge in [0.15, 0.2) is 11.5 Å². The van der Waals surface area contributed by atoms with Crippen LogP contribution in [0.15, 0.2) is 41.1 Å². The molecule has 1 saturated carbocycles. The van der Waals surface area contributed by atoms with Crippen molar-refractivity contribution in [1.82, 2.24) is 15.5 Å². The number of fused-ring (bicyclic) bond motifs is 2. The summed E-state index contributed by atoms with van der Waals surface area (Å²) < 4.78 is 10.8. The summed E-state index contributed by atoms with van der Waals surface area (Å²) >= 11 is 0. The number of allylic oxidation sites excluding steroid dienone is 2. The molecule has 26 heavy (non-hydrogen) atoms. The molecule has 2 aromatic heterocycles. The Hall–Kier alpha value is -2.63. The lowest BCUT2D eigenvalue weighted by Gasteiger charge is -2.17. The van der Waals surface area contributed by atoms with Crippen LogP contribution >= 0.6 is 0 Å². The van der Waals surface area contributed by atoms with Crippen LogP contribution in [-0.2, 0) is 6.61 Å². The van der Waals surface area contributed by atoms with Crippen LogP contribution in [0, 0.1) is 24.7 Å². The Morgan fingerprint density at radius 2 is 2.27 bits per heavy atom. The molecule has 0 radical (unpaired) electrons. The molecule has 0 aromatic carbocycles. The first-order valence-corrected chi connectivity index (χ1v) is 9.15. The standard InChI is InChI=1S/C20H23N3O3/c1-13-2-5-17(11-22-13)25-12-18-10-19(23-26-18)20(24)21-7-6-16-9-14-3-4-15(16)8-14/h2-5,10-11,14-16H,6-9,12H2,1H3,(H,21,24)/t14-,15+,16-/m1/s1. The zero-order valence-electron chi connectivity index (χ0n) is 14.9. The van der Waals surface area contributed by atoms with Crippen LogP contribution in [0.25, 0.3) is 0 Å². The van der Waals surface area contributed by atoms with Gasteiger partial charge in [-0.3, -0.25) is 9.78 Å². The van der Waals surface area contributed by atoms with Crippen molar-refractivity contribution >= 4 is 5.91 Å². The Kier molecular flexibility index (Phi) is 4.73. The first kappa shape index (κ1) is 16.8. The zero-order valence-corrected chi connectivity index (χ0v) is 14.9. The van der Waals surface area contributed by atoms with Gasteiger partial charge in [0.05, 0.1) is 6.20 Å². The summed E-state index contributed by atoms with van der Waals surface area (Å²) in [7, 11) is 0. The predicted molar refractivity (Wildman–Crippen MR) is 95.6 cm³/mol. The predicted octanol–water partition coefficient (Wildman–Crippen LogP) is 3.29. The van der Waals surface area contributed by atoms with Crippen molar-refractivity contribution in [2.75, 3.05) is 6.54 Å². The van der Waals surface area contributed by atoms with E-state index in [4.69, 9.17) is 9.26 Å². The van der Waals surface area contributed by atoms with Gasteiger partial charge in [0.2, 0.25) is 0 Å². The molecule has 2 heterocycles. The highest BCUT2D eigenvalue weighted by Crippen LogP contribution is 2.44. The number of hydrogen-bond donors (Lipinski definition) is 1. The number of nitrogens with zero attached hydrogens (tertiary/aromatic N) is 2. The Labute approximate surface area is 152 Å². The third-order valence-electron chi connectivity index (χ3n) is 5.27. The first-order valence-electron chi connectivity index (χ1n) is 9.15. The molecule has 3 atom stereocenters. The van der Waals surface area contributed by atoms with Crippen LogP contribution in [0.1, 0.15) is 41.2 Å². The van der Waals surface area contributed by atoms with Gasteiger partial charge < -0.3 is 14.6 Å². The van der Waals surface area contributed by atoms with Crippen LogP contribution in [0.3, 0.4) is 0 Å². The number of aryl methyl sites for hydroxylation is 1. The number of nitrogens with one attached hydrogen (secondary N) is 1. The third-order valence-corrected chi connectivity index (χ3v) is 5.27. The molecule has 0 spiro atoms. The lowest BCUT2D eigenvalue weighted by atomic mass is 9.91. The maximum absolute atomic E-state index is 12.2. The van der Waals surface area contributed by atoms with E-state index in [-0.39, 0.29) is 12.5 Å². The van der Waals surface area contributed by atoms with Crippen molar-refractivity contribution in [1.29, 1.82) is 0 Å². The van der Waals surface area contributed by atoms with Gasteiger partial charge in [0.25, 0.3) is 5.91 Å². The monoisotopic (exact) mass is 353 g/mol. The maximum atomic E-state index is 12.2. The molecule has 4 rings (SSSR count). The van der Waals surface area contributed by atoms with Crippen molar-refractivity contribution in [3.63, 3.8) is 0 Å². The van der Waals surface area contributed by atoms with Gasteiger partial charge in [0, 0.05) is 18.3 Å². The number of rotatable bonds is 7. The second-order valence-electron chi connectivity index (χ2n) is 7.19. The van der Waals surface area contributed by atoms with Crippen molar-refractivity contribution in [2.45, 2.75) is 32.8 Å². The number of amides is 1. The molecule has 2 aromatic rings. The molecule has 6 nitrogen and oxygen atoms in total. The smallest absolute Gasteiger partial charge is 0.273 e. The average Bonchev–Trinajstić information content (AvgIpc) is 3.38. The van der Waals surface area contributed by atoms with Gasteiger partial charge in [-0.25, -0.2) is 0 Å². The summed E-state index contributed by atoms with van der Waals surface area (Å²) in [5.74, 6) is 3.14. The van der Waals surface area contributed by atoms with Crippen molar-refractivity contribution in [3.05, 3.63) is 53.7 Å². The van der Waals surface area contributed by atoms with Crippen molar-refractivity contribution in [3.8, 4) is 5.75 Å². The summed E-state index contributed by atoms with van der Waals surface area (Å²) in [5.41, 5.74) is 1.22. The normalized spacial score (nSPS) is 23.3. The van der Waals surface area contributed by atoms with Crippen molar-refractivity contribution in [2.24, 2.45) is 17.8 Å². The third kappa shape index (κ3) is 3.79. The van der Waals surface area contributed by atoms with Gasteiger partial charge in [-0.2, -0.15) is 0 Å². The average molecular weight is 353 g/mol. The topological polar surface area (TPSA) is 77.2 Å².